The Bertz CT molecular complexity index is 600. The summed E-state index contributed by atoms with van der Waals surface area (Å²) < 4.78 is 23.5. The Kier molecular flexibility index (Phi) is 4.14. The van der Waals surface area contributed by atoms with Crippen molar-refractivity contribution < 1.29 is 13.2 Å². The highest BCUT2D eigenvalue weighted by Crippen LogP contribution is 2.25. The lowest BCUT2D eigenvalue weighted by Crippen LogP contribution is -2.36. The maximum atomic E-state index is 12.4. The van der Waals surface area contributed by atoms with Crippen molar-refractivity contribution in [3.63, 3.8) is 0 Å². The highest BCUT2D eigenvalue weighted by atomic mass is 32.2. The van der Waals surface area contributed by atoms with Gasteiger partial charge in [-0.2, -0.15) is 5.10 Å². The number of nitrogens with one attached hydrogen (secondary N) is 1. The van der Waals surface area contributed by atoms with Crippen LogP contribution in [0.3, 0.4) is 0 Å². The van der Waals surface area contributed by atoms with Crippen LogP contribution in [0, 0.1) is 0 Å². The molecule has 1 aliphatic heterocycles. The number of piperidine rings is 1. The molecule has 0 spiro atoms. The Morgan fingerprint density at radius 3 is 2.40 bits per heavy atom. The molecule has 8 heteroatoms. The van der Waals surface area contributed by atoms with E-state index in [4.69, 9.17) is 5.14 Å². The predicted molar refractivity (Wildman–Crippen MR) is 73.8 cm³/mol. The maximum Gasteiger partial charge on any atom is 0.275 e. The number of hydrogen-bond donors (Lipinski definition) is 2. The Morgan fingerprint density at radius 2 is 1.90 bits per heavy atom. The molecule has 0 aliphatic carbocycles. The molecule has 0 atom stereocenters. The standard InChI is InChI=1S/C12H20N4O3S/c1-8(2)9-11(20(13,18)19)10(15-14-9)12(17)16-6-4-3-5-7-16/h8H,3-7H2,1-2H3,(H,14,15)(H2,13,18,19). The highest BCUT2D eigenvalue weighted by Gasteiger charge is 2.31. The molecule has 2 heterocycles. The smallest absolute Gasteiger partial charge is 0.275 e. The molecule has 2 rings (SSSR count). The molecule has 1 saturated heterocycles. The van der Waals surface area contributed by atoms with Gasteiger partial charge in [0, 0.05) is 13.1 Å². The summed E-state index contributed by atoms with van der Waals surface area (Å²) in [5.74, 6) is -0.476. The Morgan fingerprint density at radius 1 is 1.30 bits per heavy atom. The summed E-state index contributed by atoms with van der Waals surface area (Å²) in [4.78, 5) is 13.9. The molecular formula is C12H20N4O3S. The number of rotatable bonds is 3. The summed E-state index contributed by atoms with van der Waals surface area (Å²) in [6.07, 6.45) is 2.94. The van der Waals surface area contributed by atoms with Crippen molar-refractivity contribution in [1.82, 2.24) is 15.1 Å². The third kappa shape index (κ3) is 2.85. The first-order valence-corrected chi connectivity index (χ1v) is 8.27. The number of carbonyl (C=O) groups excluding carboxylic acids is 1. The number of aromatic nitrogens is 2. The minimum atomic E-state index is -3.99. The van der Waals surface area contributed by atoms with Crippen LogP contribution in [0.5, 0.6) is 0 Å². The average molecular weight is 300 g/mol. The number of sulfonamides is 1. The summed E-state index contributed by atoms with van der Waals surface area (Å²) in [5, 5.41) is 11.8. The minimum Gasteiger partial charge on any atom is -0.337 e. The monoisotopic (exact) mass is 300 g/mol. The van der Waals surface area contributed by atoms with Gasteiger partial charge in [-0.05, 0) is 25.2 Å². The van der Waals surface area contributed by atoms with Crippen LogP contribution in [0.1, 0.15) is 55.2 Å². The lowest BCUT2D eigenvalue weighted by molar-refractivity contribution is 0.0714. The van der Waals surface area contributed by atoms with Crippen molar-refractivity contribution in [2.75, 3.05) is 13.1 Å². The largest absolute Gasteiger partial charge is 0.337 e. The van der Waals surface area contributed by atoms with Crippen LogP contribution in [-0.2, 0) is 10.0 Å². The van der Waals surface area contributed by atoms with Crippen LogP contribution in [0.15, 0.2) is 4.90 Å². The Hall–Kier alpha value is -1.41. The number of H-pyrrole nitrogens is 1. The molecule has 1 amide bonds. The number of aromatic amines is 1. The molecule has 0 aromatic carbocycles. The van der Waals surface area contributed by atoms with Crippen LogP contribution in [0.25, 0.3) is 0 Å². The van der Waals surface area contributed by atoms with E-state index in [2.05, 4.69) is 10.2 Å². The zero-order valence-corrected chi connectivity index (χ0v) is 12.5. The third-order valence-corrected chi connectivity index (χ3v) is 4.44. The third-order valence-electron chi connectivity index (χ3n) is 3.46. The van der Waals surface area contributed by atoms with Gasteiger partial charge in [0.05, 0.1) is 5.69 Å². The molecule has 0 saturated carbocycles. The lowest BCUT2D eigenvalue weighted by Gasteiger charge is -2.26. The van der Waals surface area contributed by atoms with E-state index in [1.165, 1.54) is 0 Å². The number of nitrogens with two attached hydrogens (primary N) is 1. The first-order valence-electron chi connectivity index (χ1n) is 6.72. The van der Waals surface area contributed by atoms with Gasteiger partial charge in [-0.3, -0.25) is 9.89 Å². The second-order valence-corrected chi connectivity index (χ2v) is 6.87. The van der Waals surface area contributed by atoms with Crippen molar-refractivity contribution in [3.05, 3.63) is 11.4 Å². The molecule has 0 unspecified atom stereocenters. The van der Waals surface area contributed by atoms with E-state index in [1.54, 1.807) is 4.90 Å². The first kappa shape index (κ1) is 15.0. The summed E-state index contributed by atoms with van der Waals surface area (Å²) in [6.45, 7) is 4.90. The zero-order chi connectivity index (χ0) is 14.9. The summed E-state index contributed by atoms with van der Waals surface area (Å²) in [6, 6.07) is 0. The van der Waals surface area contributed by atoms with Crippen LogP contribution in [0.2, 0.25) is 0 Å². The van der Waals surface area contributed by atoms with Crippen LogP contribution >= 0.6 is 0 Å². The van der Waals surface area contributed by atoms with Crippen molar-refractivity contribution in [3.8, 4) is 0 Å². The zero-order valence-electron chi connectivity index (χ0n) is 11.7. The van der Waals surface area contributed by atoms with Gasteiger partial charge in [-0.25, -0.2) is 13.6 Å². The summed E-state index contributed by atoms with van der Waals surface area (Å²) in [5.41, 5.74) is 0.297. The Labute approximate surface area is 118 Å². The van der Waals surface area contributed by atoms with Crippen molar-refractivity contribution >= 4 is 15.9 Å². The van der Waals surface area contributed by atoms with Crippen molar-refractivity contribution in [2.24, 2.45) is 5.14 Å². The number of carbonyl (C=O) groups is 1. The molecule has 7 nitrogen and oxygen atoms in total. The van der Waals surface area contributed by atoms with E-state index >= 15 is 0 Å². The molecule has 1 fully saturated rings. The van der Waals surface area contributed by atoms with E-state index in [9.17, 15) is 13.2 Å². The topological polar surface area (TPSA) is 109 Å². The molecule has 20 heavy (non-hydrogen) atoms. The van der Waals surface area contributed by atoms with Gasteiger partial charge in [0.1, 0.15) is 4.90 Å². The summed E-state index contributed by atoms with van der Waals surface area (Å²) >= 11 is 0. The van der Waals surface area contributed by atoms with Gasteiger partial charge in [0.25, 0.3) is 5.91 Å². The van der Waals surface area contributed by atoms with Crippen LogP contribution in [0.4, 0.5) is 0 Å². The highest BCUT2D eigenvalue weighted by molar-refractivity contribution is 7.89. The molecule has 112 valence electrons. The van der Waals surface area contributed by atoms with E-state index in [1.807, 2.05) is 13.8 Å². The second kappa shape index (κ2) is 5.53. The van der Waals surface area contributed by atoms with Crippen molar-refractivity contribution in [1.29, 1.82) is 0 Å². The van der Waals surface area contributed by atoms with Crippen LogP contribution in [-0.4, -0.2) is 42.5 Å². The number of amides is 1. The molecule has 1 aromatic heterocycles. The SMILES string of the molecule is CC(C)c1[nH]nc(C(=O)N2CCCCC2)c1S(N)(=O)=O. The molecule has 0 radical (unpaired) electrons. The Balaban J connectivity index is 2.44. The molecule has 1 aromatic rings. The van der Waals surface area contributed by atoms with Crippen LogP contribution < -0.4 is 5.14 Å². The lowest BCUT2D eigenvalue weighted by atomic mass is 10.1. The quantitative estimate of drug-likeness (QED) is 0.860. The van der Waals surface area contributed by atoms with Gasteiger partial charge in [-0.15, -0.1) is 0 Å². The van der Waals surface area contributed by atoms with E-state index < -0.39 is 10.0 Å². The fourth-order valence-electron chi connectivity index (χ4n) is 2.42. The normalized spacial score (nSPS) is 16.7. The van der Waals surface area contributed by atoms with Crippen molar-refractivity contribution in [2.45, 2.75) is 43.9 Å². The van der Waals surface area contributed by atoms with Gasteiger partial charge in [0.15, 0.2) is 5.69 Å². The molecule has 3 N–H and O–H groups in total. The number of nitrogens with zero attached hydrogens (tertiary/aromatic N) is 2. The van der Waals surface area contributed by atoms with Gasteiger partial charge in [-0.1, -0.05) is 13.8 Å². The van der Waals surface area contributed by atoms with Gasteiger partial charge < -0.3 is 4.90 Å². The van der Waals surface area contributed by atoms with E-state index in [0.29, 0.717) is 18.8 Å². The molecule has 0 bridgehead atoms. The maximum absolute atomic E-state index is 12.4. The van der Waals surface area contributed by atoms with Gasteiger partial charge >= 0.3 is 0 Å². The predicted octanol–water partition coefficient (Wildman–Crippen LogP) is 0.807. The fourth-order valence-corrected chi connectivity index (χ4v) is 3.41. The van der Waals surface area contributed by atoms with E-state index in [-0.39, 0.29) is 22.4 Å². The number of likely N-dealkylation sites (tertiary alicyclic amines) is 1. The van der Waals surface area contributed by atoms with Gasteiger partial charge in [0.2, 0.25) is 10.0 Å². The summed E-state index contributed by atoms with van der Waals surface area (Å²) in [7, 11) is -3.99. The second-order valence-electron chi connectivity index (χ2n) is 5.37. The average Bonchev–Trinajstić information content (AvgIpc) is 2.83. The number of hydrogen-bond acceptors (Lipinski definition) is 4. The minimum absolute atomic E-state index is 0.0851. The molecular weight excluding hydrogens is 280 g/mol. The fraction of sp³-hybridized carbons (Fsp3) is 0.667. The number of primary sulfonamides is 1. The molecule has 1 aliphatic rings. The first-order chi connectivity index (χ1) is 9.32. The van der Waals surface area contributed by atoms with E-state index in [0.717, 1.165) is 19.3 Å².